The first-order valence-electron chi connectivity index (χ1n) is 4.68. The highest BCUT2D eigenvalue weighted by molar-refractivity contribution is 9.13. The predicted octanol–water partition coefficient (Wildman–Crippen LogP) is 3.07. The molecule has 1 aliphatic heterocycles. The molecule has 2 heterocycles. The van der Waals surface area contributed by atoms with Gasteiger partial charge in [-0.2, -0.15) is 5.10 Å². The van der Waals surface area contributed by atoms with Crippen LogP contribution in [0.4, 0.5) is 0 Å². The van der Waals surface area contributed by atoms with Crippen molar-refractivity contribution in [3.05, 3.63) is 14.8 Å². The van der Waals surface area contributed by atoms with E-state index in [0.717, 1.165) is 35.1 Å². The highest BCUT2D eigenvalue weighted by Crippen LogP contribution is 2.30. The van der Waals surface area contributed by atoms with Gasteiger partial charge in [0.15, 0.2) is 0 Å². The minimum absolute atomic E-state index is 0.492. The third-order valence-electron chi connectivity index (χ3n) is 2.57. The second-order valence-electron chi connectivity index (χ2n) is 3.48. The Balaban J connectivity index is 2.26. The Morgan fingerprint density at radius 3 is 2.50 bits per heavy atom. The molecule has 78 valence electrons. The summed E-state index contributed by atoms with van der Waals surface area (Å²) in [5.74, 6) is 0. The second kappa shape index (κ2) is 4.33. The summed E-state index contributed by atoms with van der Waals surface area (Å²) >= 11 is 6.93. The summed E-state index contributed by atoms with van der Waals surface area (Å²) in [5, 5.41) is 4.46. The fourth-order valence-corrected chi connectivity index (χ4v) is 2.47. The van der Waals surface area contributed by atoms with Crippen LogP contribution in [0.5, 0.6) is 0 Å². The van der Waals surface area contributed by atoms with Crippen molar-refractivity contribution in [2.75, 3.05) is 13.2 Å². The molecular weight excluding hydrogens is 312 g/mol. The van der Waals surface area contributed by atoms with Crippen LogP contribution in [0, 0.1) is 6.92 Å². The van der Waals surface area contributed by atoms with Gasteiger partial charge in [-0.3, -0.25) is 4.68 Å². The summed E-state index contributed by atoms with van der Waals surface area (Å²) < 4.78 is 9.38. The van der Waals surface area contributed by atoms with Gasteiger partial charge in [0.2, 0.25) is 0 Å². The smallest absolute Gasteiger partial charge is 0.142 e. The van der Waals surface area contributed by atoms with Crippen molar-refractivity contribution in [1.29, 1.82) is 0 Å². The molecule has 1 fully saturated rings. The number of nitrogens with zero attached hydrogens (tertiary/aromatic N) is 2. The summed E-state index contributed by atoms with van der Waals surface area (Å²) in [7, 11) is 0. The lowest BCUT2D eigenvalue weighted by atomic mass is 10.1. The lowest BCUT2D eigenvalue weighted by Gasteiger charge is -2.23. The minimum Gasteiger partial charge on any atom is -0.381 e. The van der Waals surface area contributed by atoms with E-state index in [2.05, 4.69) is 48.6 Å². The van der Waals surface area contributed by atoms with E-state index in [1.165, 1.54) is 5.69 Å². The fourth-order valence-electron chi connectivity index (χ4n) is 1.75. The van der Waals surface area contributed by atoms with E-state index in [0.29, 0.717) is 6.04 Å². The quantitative estimate of drug-likeness (QED) is 0.794. The maximum absolute atomic E-state index is 5.33. The molecule has 14 heavy (non-hydrogen) atoms. The van der Waals surface area contributed by atoms with Crippen LogP contribution in [-0.2, 0) is 4.74 Å². The molecule has 1 saturated heterocycles. The first kappa shape index (κ1) is 10.6. The maximum Gasteiger partial charge on any atom is 0.142 e. The van der Waals surface area contributed by atoms with Crippen molar-refractivity contribution in [1.82, 2.24) is 9.78 Å². The minimum atomic E-state index is 0.492. The number of hydrogen-bond acceptors (Lipinski definition) is 2. The second-order valence-corrected chi connectivity index (χ2v) is 5.02. The van der Waals surface area contributed by atoms with Crippen LogP contribution in [0.15, 0.2) is 9.08 Å². The Hall–Kier alpha value is 0.130. The maximum atomic E-state index is 5.33. The van der Waals surface area contributed by atoms with Gasteiger partial charge < -0.3 is 4.74 Å². The Labute approximate surface area is 100 Å². The molecule has 0 amide bonds. The standard InChI is InChI=1S/C9H12Br2N2O/c1-6-8(10)9(11)12-13(6)7-2-4-14-5-3-7/h7H,2-5H2,1H3. The van der Waals surface area contributed by atoms with Gasteiger partial charge in [-0.25, -0.2) is 0 Å². The van der Waals surface area contributed by atoms with Crippen LogP contribution in [-0.4, -0.2) is 23.0 Å². The van der Waals surface area contributed by atoms with Crippen LogP contribution in [0.1, 0.15) is 24.6 Å². The van der Waals surface area contributed by atoms with Gasteiger partial charge in [0.25, 0.3) is 0 Å². The molecule has 0 unspecified atom stereocenters. The number of aromatic nitrogens is 2. The van der Waals surface area contributed by atoms with Gasteiger partial charge in [0.05, 0.1) is 16.2 Å². The zero-order valence-corrected chi connectivity index (χ0v) is 11.1. The van der Waals surface area contributed by atoms with Crippen molar-refractivity contribution in [2.24, 2.45) is 0 Å². The van der Waals surface area contributed by atoms with Crippen molar-refractivity contribution in [3.8, 4) is 0 Å². The molecule has 0 radical (unpaired) electrons. The van der Waals surface area contributed by atoms with Crippen molar-refractivity contribution >= 4 is 31.9 Å². The zero-order chi connectivity index (χ0) is 10.1. The summed E-state index contributed by atoms with van der Waals surface area (Å²) in [6.45, 7) is 3.77. The van der Waals surface area contributed by atoms with Crippen molar-refractivity contribution in [2.45, 2.75) is 25.8 Å². The molecule has 0 bridgehead atoms. The molecule has 0 aliphatic carbocycles. The number of halogens is 2. The molecule has 1 aromatic rings. The summed E-state index contributed by atoms with van der Waals surface area (Å²) in [6.07, 6.45) is 2.11. The summed E-state index contributed by atoms with van der Waals surface area (Å²) in [6, 6.07) is 0.492. The van der Waals surface area contributed by atoms with Crippen molar-refractivity contribution < 1.29 is 4.74 Å². The monoisotopic (exact) mass is 322 g/mol. The fraction of sp³-hybridized carbons (Fsp3) is 0.667. The third kappa shape index (κ3) is 1.90. The van der Waals surface area contributed by atoms with E-state index in [1.807, 2.05) is 0 Å². The molecule has 5 heteroatoms. The first-order valence-corrected chi connectivity index (χ1v) is 6.26. The highest BCUT2D eigenvalue weighted by Gasteiger charge is 2.20. The average molecular weight is 324 g/mol. The molecule has 1 aliphatic rings. The first-order chi connectivity index (χ1) is 6.70. The van der Waals surface area contributed by atoms with E-state index in [-0.39, 0.29) is 0 Å². The molecule has 3 nitrogen and oxygen atoms in total. The van der Waals surface area contributed by atoms with Crippen LogP contribution in [0.25, 0.3) is 0 Å². The van der Waals surface area contributed by atoms with E-state index in [9.17, 15) is 0 Å². The third-order valence-corrected chi connectivity index (χ3v) is 4.61. The lowest BCUT2D eigenvalue weighted by molar-refractivity contribution is 0.0656. The van der Waals surface area contributed by atoms with Gasteiger partial charge >= 0.3 is 0 Å². The van der Waals surface area contributed by atoms with E-state index in [4.69, 9.17) is 4.74 Å². The van der Waals surface area contributed by atoms with Crippen LogP contribution in [0.2, 0.25) is 0 Å². The molecule has 0 N–H and O–H groups in total. The normalized spacial score (nSPS) is 18.8. The largest absolute Gasteiger partial charge is 0.381 e. The predicted molar refractivity (Wildman–Crippen MR) is 61.5 cm³/mol. The topological polar surface area (TPSA) is 27.1 Å². The number of rotatable bonds is 1. The Morgan fingerprint density at radius 1 is 1.36 bits per heavy atom. The molecule has 0 aromatic carbocycles. The average Bonchev–Trinajstić information content (AvgIpc) is 2.47. The van der Waals surface area contributed by atoms with Gasteiger partial charge in [-0.1, -0.05) is 0 Å². The van der Waals surface area contributed by atoms with Crippen LogP contribution < -0.4 is 0 Å². The van der Waals surface area contributed by atoms with Gasteiger partial charge in [-0.05, 0) is 51.6 Å². The van der Waals surface area contributed by atoms with Gasteiger partial charge in [0, 0.05) is 13.2 Å². The highest BCUT2D eigenvalue weighted by atomic mass is 79.9. The van der Waals surface area contributed by atoms with Gasteiger partial charge in [-0.15, -0.1) is 0 Å². The zero-order valence-electron chi connectivity index (χ0n) is 7.96. The summed E-state index contributed by atoms with van der Waals surface area (Å²) in [5.41, 5.74) is 1.18. The molecular formula is C9H12Br2N2O. The number of ether oxygens (including phenoxy) is 1. The molecule has 2 rings (SSSR count). The number of hydrogen-bond donors (Lipinski definition) is 0. The molecule has 0 atom stereocenters. The molecule has 1 aromatic heterocycles. The van der Waals surface area contributed by atoms with E-state index in [1.54, 1.807) is 0 Å². The Bertz CT molecular complexity index is 332. The lowest BCUT2D eigenvalue weighted by Crippen LogP contribution is -2.21. The van der Waals surface area contributed by atoms with Crippen LogP contribution in [0.3, 0.4) is 0 Å². The SMILES string of the molecule is Cc1c(Br)c(Br)nn1C1CCOCC1. The van der Waals surface area contributed by atoms with E-state index >= 15 is 0 Å². The van der Waals surface area contributed by atoms with Crippen LogP contribution >= 0.6 is 31.9 Å². The molecule has 0 saturated carbocycles. The van der Waals surface area contributed by atoms with Gasteiger partial charge in [0.1, 0.15) is 4.60 Å². The van der Waals surface area contributed by atoms with Crippen molar-refractivity contribution in [3.63, 3.8) is 0 Å². The Morgan fingerprint density at radius 2 is 2.00 bits per heavy atom. The van der Waals surface area contributed by atoms with E-state index < -0.39 is 0 Å². The Kier molecular flexibility index (Phi) is 3.29. The molecule has 0 spiro atoms. The summed E-state index contributed by atoms with van der Waals surface area (Å²) in [4.78, 5) is 0.